The molecule has 0 atom stereocenters. The van der Waals surface area contributed by atoms with Crippen molar-refractivity contribution in [1.29, 1.82) is 0 Å². The van der Waals surface area contributed by atoms with E-state index in [2.05, 4.69) is 6.07 Å². The second kappa shape index (κ2) is 5.27. The maximum atomic E-state index is 12.3. The third kappa shape index (κ3) is 2.37. The molecule has 0 saturated heterocycles. The second-order valence-corrected chi connectivity index (χ2v) is 6.14. The summed E-state index contributed by atoms with van der Waals surface area (Å²) in [6.45, 7) is 0.683. The zero-order valence-electron chi connectivity index (χ0n) is 10.5. The molecule has 2 heterocycles. The van der Waals surface area contributed by atoms with Crippen molar-refractivity contribution < 1.29 is 9.53 Å². The van der Waals surface area contributed by atoms with Crippen LogP contribution in [0, 0.1) is 0 Å². The Labute approximate surface area is 112 Å². The molecule has 0 unspecified atom stereocenters. The van der Waals surface area contributed by atoms with Gasteiger partial charge in [0.15, 0.2) is 5.76 Å². The number of thiophene rings is 1. The summed E-state index contributed by atoms with van der Waals surface area (Å²) in [5, 5.41) is 0. The van der Waals surface area contributed by atoms with Gasteiger partial charge in [-0.25, -0.2) is 0 Å². The highest BCUT2D eigenvalue weighted by atomic mass is 32.1. The lowest BCUT2D eigenvalue weighted by Gasteiger charge is -2.12. The van der Waals surface area contributed by atoms with Crippen LogP contribution in [0.25, 0.3) is 0 Å². The molecule has 0 fully saturated rings. The van der Waals surface area contributed by atoms with Gasteiger partial charge in [-0.05, 0) is 56.2 Å². The third-order valence-corrected chi connectivity index (χ3v) is 4.87. The minimum Gasteiger partial charge on any atom is -0.490 e. The van der Waals surface area contributed by atoms with Gasteiger partial charge in [0.05, 0.1) is 11.5 Å². The summed E-state index contributed by atoms with van der Waals surface area (Å²) in [4.78, 5) is 14.6. The lowest BCUT2D eigenvalue weighted by molar-refractivity contribution is 0.0903. The first kappa shape index (κ1) is 12.0. The number of allylic oxidation sites excluding steroid dienone is 2. The van der Waals surface area contributed by atoms with Gasteiger partial charge < -0.3 is 4.74 Å². The molecule has 3 rings (SSSR count). The van der Waals surface area contributed by atoms with Crippen LogP contribution < -0.4 is 0 Å². The maximum absolute atomic E-state index is 12.3. The Morgan fingerprint density at radius 3 is 2.89 bits per heavy atom. The van der Waals surface area contributed by atoms with E-state index in [1.54, 1.807) is 11.3 Å². The Balaban J connectivity index is 1.84. The molecule has 0 aromatic carbocycles. The molecule has 1 aromatic rings. The van der Waals surface area contributed by atoms with Gasteiger partial charge in [-0.1, -0.05) is 6.42 Å². The molecule has 2 aliphatic rings. The number of ketones is 1. The molecule has 96 valence electrons. The van der Waals surface area contributed by atoms with E-state index in [0.29, 0.717) is 12.4 Å². The lowest BCUT2D eigenvalue weighted by atomic mass is 10.1. The Morgan fingerprint density at radius 2 is 2.06 bits per heavy atom. The Kier molecular flexibility index (Phi) is 3.50. The average molecular weight is 262 g/mol. The molecule has 1 aliphatic carbocycles. The van der Waals surface area contributed by atoms with Crippen LogP contribution in [0.3, 0.4) is 0 Å². The normalized spacial score (nSPS) is 19.4. The maximum Gasteiger partial charge on any atom is 0.237 e. The van der Waals surface area contributed by atoms with Crippen molar-refractivity contribution in [2.24, 2.45) is 0 Å². The van der Waals surface area contributed by atoms with E-state index in [-0.39, 0.29) is 5.78 Å². The lowest BCUT2D eigenvalue weighted by Crippen LogP contribution is -2.10. The topological polar surface area (TPSA) is 26.3 Å². The number of rotatable bonds is 2. The molecule has 2 nitrogen and oxygen atoms in total. The van der Waals surface area contributed by atoms with E-state index in [1.165, 1.54) is 29.7 Å². The molecule has 0 radical (unpaired) electrons. The number of carbonyl (C=O) groups excluding carboxylic acids is 1. The van der Waals surface area contributed by atoms with E-state index in [4.69, 9.17) is 4.74 Å². The van der Waals surface area contributed by atoms with Crippen LogP contribution in [0.1, 0.15) is 52.2 Å². The van der Waals surface area contributed by atoms with Crippen molar-refractivity contribution >= 4 is 17.1 Å². The third-order valence-electron chi connectivity index (χ3n) is 3.63. The Morgan fingerprint density at radius 1 is 1.17 bits per heavy atom. The highest BCUT2D eigenvalue weighted by Crippen LogP contribution is 2.30. The van der Waals surface area contributed by atoms with Gasteiger partial charge in [-0.3, -0.25) is 4.79 Å². The summed E-state index contributed by atoms with van der Waals surface area (Å²) in [5.74, 6) is 0.658. The molecular formula is C15H18O2S. The highest BCUT2D eigenvalue weighted by molar-refractivity contribution is 7.14. The second-order valence-electron chi connectivity index (χ2n) is 5.01. The number of ether oxygens (including phenoxy) is 1. The first-order valence-corrected chi connectivity index (χ1v) is 7.65. The fourth-order valence-corrected chi connectivity index (χ4v) is 3.81. The van der Waals surface area contributed by atoms with Crippen LogP contribution in [0.5, 0.6) is 0 Å². The van der Waals surface area contributed by atoms with E-state index in [1.807, 2.05) is 6.08 Å². The zero-order valence-corrected chi connectivity index (χ0v) is 11.4. The van der Waals surface area contributed by atoms with Gasteiger partial charge in [-0.15, -0.1) is 11.3 Å². The van der Waals surface area contributed by atoms with Crippen molar-refractivity contribution in [2.45, 2.75) is 44.9 Å². The predicted molar refractivity (Wildman–Crippen MR) is 73.2 cm³/mol. The summed E-state index contributed by atoms with van der Waals surface area (Å²) in [6, 6.07) is 2.10. The molecule has 0 saturated carbocycles. The SMILES string of the molecule is O=C(C1=CCCCO1)c1cc2c(s1)CCCCC2. The smallest absolute Gasteiger partial charge is 0.237 e. The summed E-state index contributed by atoms with van der Waals surface area (Å²) in [7, 11) is 0. The van der Waals surface area contributed by atoms with Gasteiger partial charge in [0, 0.05) is 4.88 Å². The van der Waals surface area contributed by atoms with Crippen LogP contribution in [0.2, 0.25) is 0 Å². The van der Waals surface area contributed by atoms with E-state index in [0.717, 1.165) is 30.6 Å². The summed E-state index contributed by atoms with van der Waals surface area (Å²) < 4.78 is 5.47. The molecule has 0 spiro atoms. The van der Waals surface area contributed by atoms with Crippen molar-refractivity contribution in [3.63, 3.8) is 0 Å². The van der Waals surface area contributed by atoms with Crippen LogP contribution in [0.15, 0.2) is 17.9 Å². The average Bonchev–Trinajstić information content (AvgIpc) is 2.70. The number of Topliss-reactive ketones (excluding diaryl/α,β-unsaturated/α-hetero) is 1. The molecule has 0 N–H and O–H groups in total. The van der Waals surface area contributed by atoms with Crippen molar-refractivity contribution in [3.8, 4) is 0 Å². The highest BCUT2D eigenvalue weighted by Gasteiger charge is 2.21. The first-order chi connectivity index (χ1) is 8.84. The minimum absolute atomic E-state index is 0.0905. The number of hydrogen-bond donors (Lipinski definition) is 0. The van der Waals surface area contributed by atoms with Gasteiger partial charge >= 0.3 is 0 Å². The van der Waals surface area contributed by atoms with E-state index < -0.39 is 0 Å². The minimum atomic E-state index is 0.0905. The van der Waals surface area contributed by atoms with Gasteiger partial charge in [-0.2, -0.15) is 0 Å². The van der Waals surface area contributed by atoms with Gasteiger partial charge in [0.1, 0.15) is 0 Å². The Bertz CT molecular complexity index is 461. The Hall–Kier alpha value is -1.09. The van der Waals surface area contributed by atoms with Crippen molar-refractivity contribution in [2.75, 3.05) is 6.61 Å². The molecule has 18 heavy (non-hydrogen) atoms. The largest absolute Gasteiger partial charge is 0.490 e. The quantitative estimate of drug-likeness (QED) is 0.597. The number of aryl methyl sites for hydroxylation is 2. The summed E-state index contributed by atoms with van der Waals surface area (Å²) >= 11 is 1.68. The van der Waals surface area contributed by atoms with Crippen LogP contribution in [-0.4, -0.2) is 12.4 Å². The molecule has 0 bridgehead atoms. The summed E-state index contributed by atoms with van der Waals surface area (Å²) in [6.07, 6.45) is 10.1. The monoisotopic (exact) mass is 262 g/mol. The zero-order chi connectivity index (χ0) is 12.4. The van der Waals surface area contributed by atoms with Crippen LogP contribution >= 0.6 is 11.3 Å². The van der Waals surface area contributed by atoms with Gasteiger partial charge in [0.25, 0.3) is 0 Å². The molecule has 1 aromatic heterocycles. The first-order valence-electron chi connectivity index (χ1n) is 6.84. The van der Waals surface area contributed by atoms with Crippen molar-refractivity contribution in [3.05, 3.63) is 33.2 Å². The summed E-state index contributed by atoms with van der Waals surface area (Å²) in [5.41, 5.74) is 1.40. The molecule has 3 heteroatoms. The van der Waals surface area contributed by atoms with Crippen LogP contribution in [-0.2, 0) is 17.6 Å². The fraction of sp³-hybridized carbons (Fsp3) is 0.533. The molecule has 0 amide bonds. The molecular weight excluding hydrogens is 244 g/mol. The molecule has 1 aliphatic heterocycles. The standard InChI is InChI=1S/C15H18O2S/c16-15(12-7-4-5-9-17-12)14-10-11-6-2-1-3-8-13(11)18-14/h7,10H,1-6,8-9H2. The fourth-order valence-electron chi connectivity index (χ4n) is 2.62. The van der Waals surface area contributed by atoms with Crippen molar-refractivity contribution in [1.82, 2.24) is 0 Å². The van der Waals surface area contributed by atoms with Gasteiger partial charge in [0.2, 0.25) is 5.78 Å². The number of fused-ring (bicyclic) bond motifs is 1. The van der Waals surface area contributed by atoms with E-state index in [9.17, 15) is 4.79 Å². The number of hydrogen-bond acceptors (Lipinski definition) is 3. The predicted octanol–water partition coefficient (Wildman–Crippen LogP) is 3.89. The van der Waals surface area contributed by atoms with E-state index >= 15 is 0 Å². The van der Waals surface area contributed by atoms with Crippen LogP contribution in [0.4, 0.5) is 0 Å². The number of carbonyl (C=O) groups is 1.